The number of imidazole rings is 1. The van der Waals surface area contributed by atoms with Gasteiger partial charge in [-0.05, 0) is 19.8 Å². The Kier molecular flexibility index (Phi) is 4.67. The number of carbonyl (C=O) groups is 1. The molecule has 0 amide bonds. The molecular formula is C13H21N3O4S. The lowest BCUT2D eigenvalue weighted by atomic mass is 9.96. The van der Waals surface area contributed by atoms with Crippen molar-refractivity contribution in [3.05, 3.63) is 12.0 Å². The average Bonchev–Trinajstić information content (AvgIpc) is 2.62. The predicted octanol–water partition coefficient (Wildman–Crippen LogP) is 1.04. The number of carboxylic acid groups (broad SMARTS) is 1. The van der Waals surface area contributed by atoms with Crippen LogP contribution in [0.25, 0.3) is 0 Å². The molecule has 1 aromatic heterocycles. The molecule has 1 aliphatic rings. The van der Waals surface area contributed by atoms with E-state index in [1.807, 2.05) is 0 Å². The molecule has 1 saturated carbocycles. The number of hydrogen-bond acceptors (Lipinski definition) is 4. The molecule has 2 N–H and O–H groups in total. The first-order valence-corrected chi connectivity index (χ1v) is 8.54. The van der Waals surface area contributed by atoms with Gasteiger partial charge in [0, 0.05) is 19.3 Å². The van der Waals surface area contributed by atoms with Crippen molar-refractivity contribution in [2.75, 3.05) is 0 Å². The zero-order valence-corrected chi connectivity index (χ0v) is 13.1. The molecule has 21 heavy (non-hydrogen) atoms. The molecule has 118 valence electrons. The van der Waals surface area contributed by atoms with Crippen molar-refractivity contribution in [3.8, 4) is 0 Å². The molecule has 0 radical (unpaired) electrons. The minimum absolute atomic E-state index is 0.0594. The molecule has 1 aromatic rings. The molecule has 0 bridgehead atoms. The first-order chi connectivity index (χ1) is 9.81. The molecule has 1 heterocycles. The highest BCUT2D eigenvalue weighted by atomic mass is 32.2. The second-order valence-electron chi connectivity index (χ2n) is 5.55. The SMILES string of the molecule is Cc1nc(S(=O)(=O)NC2CCCCCC2C(=O)O)cn1C. The molecule has 2 rings (SSSR count). The van der Waals surface area contributed by atoms with Gasteiger partial charge < -0.3 is 9.67 Å². The Bertz CT molecular complexity index is 604. The van der Waals surface area contributed by atoms with E-state index in [9.17, 15) is 18.3 Å². The smallest absolute Gasteiger partial charge is 0.308 e. The van der Waals surface area contributed by atoms with Gasteiger partial charge in [-0.3, -0.25) is 4.79 Å². The molecule has 0 saturated heterocycles. The summed E-state index contributed by atoms with van der Waals surface area (Å²) in [7, 11) is -2.07. The summed E-state index contributed by atoms with van der Waals surface area (Å²) in [5.74, 6) is -1.03. The van der Waals surface area contributed by atoms with Crippen LogP contribution in [0.3, 0.4) is 0 Å². The maximum Gasteiger partial charge on any atom is 0.308 e. The lowest BCUT2D eigenvalue weighted by Crippen LogP contribution is -2.42. The van der Waals surface area contributed by atoms with Crippen molar-refractivity contribution >= 4 is 16.0 Å². The van der Waals surface area contributed by atoms with E-state index in [1.54, 1.807) is 18.5 Å². The Morgan fingerprint density at radius 2 is 2.05 bits per heavy atom. The van der Waals surface area contributed by atoms with Crippen LogP contribution in [0.2, 0.25) is 0 Å². The second kappa shape index (κ2) is 6.15. The number of aliphatic carboxylic acids is 1. The van der Waals surface area contributed by atoms with Crippen LogP contribution < -0.4 is 4.72 Å². The number of sulfonamides is 1. The molecule has 2 unspecified atom stereocenters. The van der Waals surface area contributed by atoms with E-state index in [1.165, 1.54) is 6.20 Å². The van der Waals surface area contributed by atoms with Crippen LogP contribution in [0.4, 0.5) is 0 Å². The summed E-state index contributed by atoms with van der Waals surface area (Å²) >= 11 is 0. The molecule has 2 atom stereocenters. The van der Waals surface area contributed by atoms with E-state index in [4.69, 9.17) is 0 Å². The van der Waals surface area contributed by atoms with Gasteiger partial charge >= 0.3 is 5.97 Å². The summed E-state index contributed by atoms with van der Waals surface area (Å²) in [5.41, 5.74) is 0. The van der Waals surface area contributed by atoms with Gasteiger partial charge in [0.2, 0.25) is 0 Å². The van der Waals surface area contributed by atoms with Crippen LogP contribution in [0.1, 0.15) is 37.9 Å². The van der Waals surface area contributed by atoms with E-state index >= 15 is 0 Å². The lowest BCUT2D eigenvalue weighted by Gasteiger charge is -2.22. The molecular weight excluding hydrogens is 294 g/mol. The Labute approximate surface area is 124 Å². The Morgan fingerprint density at radius 1 is 1.38 bits per heavy atom. The van der Waals surface area contributed by atoms with E-state index < -0.39 is 28.0 Å². The van der Waals surface area contributed by atoms with Gasteiger partial charge in [-0.15, -0.1) is 0 Å². The Hall–Kier alpha value is -1.41. The normalized spacial score (nSPS) is 23.7. The standard InChI is InChI=1S/C13H21N3O4S/c1-9-14-12(8-16(9)2)21(19,20)15-11-7-5-3-4-6-10(11)13(17)18/h8,10-11,15H,3-7H2,1-2H3,(H,17,18). The fourth-order valence-corrected chi connectivity index (χ4v) is 4.01. The van der Waals surface area contributed by atoms with Gasteiger partial charge in [-0.2, -0.15) is 0 Å². The number of nitrogens with zero attached hydrogens (tertiary/aromatic N) is 2. The van der Waals surface area contributed by atoms with Crippen LogP contribution in [0.5, 0.6) is 0 Å². The first kappa shape index (κ1) is 16.0. The summed E-state index contributed by atoms with van der Waals surface area (Å²) in [6.45, 7) is 1.71. The maximum atomic E-state index is 12.4. The van der Waals surface area contributed by atoms with E-state index in [0.29, 0.717) is 18.7 Å². The number of nitrogens with one attached hydrogen (secondary N) is 1. The second-order valence-corrected chi connectivity index (χ2v) is 7.21. The monoisotopic (exact) mass is 315 g/mol. The third-order valence-corrected chi connectivity index (χ3v) is 5.36. The Morgan fingerprint density at radius 3 is 2.62 bits per heavy atom. The van der Waals surface area contributed by atoms with E-state index in [-0.39, 0.29) is 5.03 Å². The van der Waals surface area contributed by atoms with Gasteiger partial charge in [0.1, 0.15) is 5.82 Å². The van der Waals surface area contributed by atoms with E-state index in [2.05, 4.69) is 9.71 Å². The Balaban J connectivity index is 2.22. The van der Waals surface area contributed by atoms with Crippen LogP contribution in [0.15, 0.2) is 11.2 Å². The van der Waals surface area contributed by atoms with Crippen LogP contribution in [-0.4, -0.2) is 35.1 Å². The predicted molar refractivity (Wildman–Crippen MR) is 76.3 cm³/mol. The lowest BCUT2D eigenvalue weighted by molar-refractivity contribution is -0.142. The van der Waals surface area contributed by atoms with E-state index in [0.717, 1.165) is 19.3 Å². The summed E-state index contributed by atoms with van der Waals surface area (Å²) in [6.07, 6.45) is 5.07. The summed E-state index contributed by atoms with van der Waals surface area (Å²) < 4.78 is 28.9. The summed E-state index contributed by atoms with van der Waals surface area (Å²) in [6, 6.07) is -0.572. The minimum atomic E-state index is -3.79. The molecule has 1 aliphatic carbocycles. The molecule has 0 spiro atoms. The summed E-state index contributed by atoms with van der Waals surface area (Å²) in [4.78, 5) is 15.3. The van der Waals surface area contributed by atoms with Crippen LogP contribution in [0, 0.1) is 12.8 Å². The maximum absolute atomic E-state index is 12.4. The minimum Gasteiger partial charge on any atom is -0.481 e. The highest BCUT2D eigenvalue weighted by molar-refractivity contribution is 7.89. The fraction of sp³-hybridized carbons (Fsp3) is 0.692. The quantitative estimate of drug-likeness (QED) is 0.808. The number of aryl methyl sites for hydroxylation is 2. The van der Waals surface area contributed by atoms with Gasteiger partial charge in [-0.25, -0.2) is 18.1 Å². The summed E-state index contributed by atoms with van der Waals surface area (Å²) in [5, 5.41) is 9.24. The molecule has 8 heteroatoms. The topological polar surface area (TPSA) is 101 Å². The van der Waals surface area contributed by atoms with Crippen molar-refractivity contribution in [1.29, 1.82) is 0 Å². The van der Waals surface area contributed by atoms with Crippen molar-refractivity contribution in [2.24, 2.45) is 13.0 Å². The molecule has 7 nitrogen and oxygen atoms in total. The van der Waals surface area contributed by atoms with Crippen LogP contribution in [-0.2, 0) is 21.9 Å². The fourth-order valence-electron chi connectivity index (χ4n) is 2.66. The van der Waals surface area contributed by atoms with Gasteiger partial charge in [0.25, 0.3) is 10.0 Å². The molecule has 0 aliphatic heterocycles. The largest absolute Gasteiger partial charge is 0.481 e. The third kappa shape index (κ3) is 3.62. The highest BCUT2D eigenvalue weighted by Gasteiger charge is 2.33. The number of aromatic nitrogens is 2. The molecule has 0 aromatic carbocycles. The van der Waals surface area contributed by atoms with Gasteiger partial charge in [0.15, 0.2) is 5.03 Å². The van der Waals surface area contributed by atoms with Crippen molar-refractivity contribution in [2.45, 2.75) is 50.1 Å². The zero-order valence-electron chi connectivity index (χ0n) is 12.2. The average molecular weight is 315 g/mol. The van der Waals surface area contributed by atoms with Crippen molar-refractivity contribution in [3.63, 3.8) is 0 Å². The number of carboxylic acids is 1. The molecule has 1 fully saturated rings. The van der Waals surface area contributed by atoms with Crippen molar-refractivity contribution in [1.82, 2.24) is 14.3 Å². The zero-order chi connectivity index (χ0) is 15.6. The van der Waals surface area contributed by atoms with Gasteiger partial charge in [0.05, 0.1) is 5.92 Å². The van der Waals surface area contributed by atoms with Gasteiger partial charge in [-0.1, -0.05) is 19.3 Å². The number of rotatable bonds is 4. The van der Waals surface area contributed by atoms with Crippen LogP contribution >= 0.6 is 0 Å². The van der Waals surface area contributed by atoms with Crippen molar-refractivity contribution < 1.29 is 18.3 Å². The highest BCUT2D eigenvalue weighted by Crippen LogP contribution is 2.25. The third-order valence-electron chi connectivity index (χ3n) is 4.00. The first-order valence-electron chi connectivity index (χ1n) is 7.06. The number of hydrogen-bond donors (Lipinski definition) is 2.